The number of halogens is 1. The highest BCUT2D eigenvalue weighted by atomic mass is 127. The lowest BCUT2D eigenvalue weighted by molar-refractivity contribution is 0.299. The van der Waals surface area contributed by atoms with Crippen molar-refractivity contribution in [2.45, 2.75) is 52.0 Å². The molecular weight excluding hydrogens is 375 g/mol. The van der Waals surface area contributed by atoms with E-state index in [0.29, 0.717) is 0 Å². The topological polar surface area (TPSA) is 39.7 Å². The Kier molecular flexibility index (Phi) is 7.74. The van der Waals surface area contributed by atoms with Gasteiger partial charge in [-0.3, -0.25) is 4.99 Å². The largest absolute Gasteiger partial charge is 0.355 e. The monoisotopic (exact) mass is 408 g/mol. The van der Waals surface area contributed by atoms with Gasteiger partial charge in [-0.05, 0) is 45.4 Å². The number of aliphatic imine (C=N–C) groups is 1. The zero-order valence-electron chi connectivity index (χ0n) is 14.1. The molecule has 5 heteroatoms. The molecule has 2 N–H and O–H groups in total. The van der Waals surface area contributed by atoms with Crippen molar-refractivity contribution in [2.24, 2.45) is 16.8 Å². The average Bonchev–Trinajstić information content (AvgIpc) is 2.81. The van der Waals surface area contributed by atoms with E-state index >= 15 is 0 Å². The van der Waals surface area contributed by atoms with E-state index in [0.717, 1.165) is 30.9 Å². The highest BCUT2D eigenvalue weighted by Gasteiger charge is 2.35. The number of likely N-dealkylation sites (tertiary alicyclic amines) is 1. The van der Waals surface area contributed by atoms with Crippen molar-refractivity contribution >= 4 is 29.9 Å². The summed E-state index contributed by atoms with van der Waals surface area (Å²) in [6, 6.07) is 0. The van der Waals surface area contributed by atoms with E-state index in [1.54, 1.807) is 0 Å². The molecule has 1 aliphatic heterocycles. The normalized spacial score (nSPS) is 26.3. The predicted molar refractivity (Wildman–Crippen MR) is 102 cm³/mol. The van der Waals surface area contributed by atoms with Crippen molar-refractivity contribution in [3.63, 3.8) is 0 Å². The van der Waals surface area contributed by atoms with Crippen LogP contribution in [0.25, 0.3) is 0 Å². The van der Waals surface area contributed by atoms with Crippen LogP contribution >= 0.6 is 24.0 Å². The van der Waals surface area contributed by atoms with Crippen molar-refractivity contribution in [1.29, 1.82) is 0 Å². The number of nitrogens with one attached hydrogen (secondary N) is 2. The summed E-state index contributed by atoms with van der Waals surface area (Å²) in [5.41, 5.74) is 0.188. The molecule has 0 aromatic heterocycles. The van der Waals surface area contributed by atoms with Crippen LogP contribution in [0.5, 0.6) is 0 Å². The molecule has 21 heavy (non-hydrogen) atoms. The maximum atomic E-state index is 4.47. The Hall–Kier alpha value is -0.0400. The zero-order chi connectivity index (χ0) is 14.6. The molecule has 0 spiro atoms. The van der Waals surface area contributed by atoms with Gasteiger partial charge < -0.3 is 15.5 Å². The molecule has 2 aliphatic rings. The van der Waals surface area contributed by atoms with Crippen LogP contribution < -0.4 is 10.6 Å². The van der Waals surface area contributed by atoms with E-state index in [4.69, 9.17) is 0 Å². The molecular formula is C16H33IN4. The first-order valence-electron chi connectivity index (χ1n) is 8.20. The van der Waals surface area contributed by atoms with Crippen LogP contribution in [-0.4, -0.2) is 49.6 Å². The molecule has 0 aromatic carbocycles. The number of fused-ring (bicyclic) bond motifs is 1. The van der Waals surface area contributed by atoms with Crippen LogP contribution in [0.1, 0.15) is 46.5 Å². The molecule has 0 radical (unpaired) electrons. The van der Waals surface area contributed by atoms with E-state index in [-0.39, 0.29) is 29.5 Å². The number of hydrogen-bond donors (Lipinski definition) is 2. The van der Waals surface area contributed by atoms with Crippen LogP contribution in [0.15, 0.2) is 4.99 Å². The van der Waals surface area contributed by atoms with Crippen molar-refractivity contribution in [2.75, 3.05) is 33.2 Å². The predicted octanol–water partition coefficient (Wildman–Crippen LogP) is 2.69. The van der Waals surface area contributed by atoms with Crippen molar-refractivity contribution < 1.29 is 0 Å². The third-order valence-electron chi connectivity index (χ3n) is 4.55. The minimum atomic E-state index is 0. The van der Waals surface area contributed by atoms with E-state index < -0.39 is 0 Å². The van der Waals surface area contributed by atoms with E-state index in [1.807, 2.05) is 7.05 Å². The molecule has 4 nitrogen and oxygen atoms in total. The van der Waals surface area contributed by atoms with Gasteiger partial charge in [-0.15, -0.1) is 24.0 Å². The lowest BCUT2D eigenvalue weighted by Crippen LogP contribution is -2.45. The van der Waals surface area contributed by atoms with Crippen LogP contribution in [0.3, 0.4) is 0 Å². The summed E-state index contributed by atoms with van der Waals surface area (Å²) in [7, 11) is 1.90. The Morgan fingerprint density at radius 3 is 2.14 bits per heavy atom. The lowest BCUT2D eigenvalue weighted by atomic mass is 9.82. The lowest BCUT2D eigenvalue weighted by Gasteiger charge is -2.24. The van der Waals surface area contributed by atoms with Gasteiger partial charge in [0.1, 0.15) is 0 Å². The third-order valence-corrected chi connectivity index (χ3v) is 4.55. The second-order valence-electron chi connectivity index (χ2n) is 7.36. The van der Waals surface area contributed by atoms with Crippen molar-refractivity contribution in [3.8, 4) is 0 Å². The Bertz CT molecular complexity index is 324. The number of nitrogens with zero attached hydrogens (tertiary/aromatic N) is 2. The van der Waals surface area contributed by atoms with E-state index in [2.05, 4.69) is 41.3 Å². The quantitative estimate of drug-likeness (QED) is 0.327. The minimum Gasteiger partial charge on any atom is -0.355 e. The van der Waals surface area contributed by atoms with Gasteiger partial charge in [-0.25, -0.2) is 0 Å². The third kappa shape index (κ3) is 5.93. The Labute approximate surface area is 147 Å². The first-order valence-corrected chi connectivity index (χ1v) is 8.20. The first kappa shape index (κ1) is 19.0. The fraction of sp³-hybridized carbons (Fsp3) is 0.938. The Morgan fingerprint density at radius 2 is 1.67 bits per heavy atom. The molecule has 1 heterocycles. The summed E-state index contributed by atoms with van der Waals surface area (Å²) in [5.74, 6) is 2.92. The van der Waals surface area contributed by atoms with Gasteiger partial charge in [0.05, 0.1) is 0 Å². The van der Waals surface area contributed by atoms with Crippen LogP contribution in [0, 0.1) is 11.8 Å². The average molecular weight is 408 g/mol. The zero-order valence-corrected chi connectivity index (χ0v) is 16.4. The van der Waals surface area contributed by atoms with Gasteiger partial charge in [-0.1, -0.05) is 12.8 Å². The fourth-order valence-corrected chi connectivity index (χ4v) is 3.52. The molecule has 2 unspecified atom stereocenters. The summed E-state index contributed by atoms with van der Waals surface area (Å²) in [6.45, 7) is 10.9. The van der Waals surface area contributed by atoms with Gasteiger partial charge >= 0.3 is 0 Å². The summed E-state index contributed by atoms with van der Waals surface area (Å²) in [5, 5.41) is 7.01. The van der Waals surface area contributed by atoms with Crippen LogP contribution in [0.2, 0.25) is 0 Å². The number of hydrogen-bond acceptors (Lipinski definition) is 2. The molecule has 0 amide bonds. The standard InChI is InChI=1S/C16H32N4.HI/c1-16(2,3)19-10-9-18-15(17-4)20-11-13-7-5-6-8-14(13)12-20;/h13-14,19H,5-12H2,1-4H3,(H,17,18);1H. The highest BCUT2D eigenvalue weighted by molar-refractivity contribution is 14.0. The molecule has 124 valence electrons. The maximum Gasteiger partial charge on any atom is 0.193 e. The molecule has 1 aliphatic carbocycles. The van der Waals surface area contributed by atoms with Gasteiger partial charge in [0.25, 0.3) is 0 Å². The summed E-state index contributed by atoms with van der Waals surface area (Å²) >= 11 is 0. The molecule has 0 bridgehead atoms. The summed E-state index contributed by atoms with van der Waals surface area (Å²) in [6.07, 6.45) is 5.69. The number of guanidine groups is 1. The van der Waals surface area contributed by atoms with Gasteiger partial charge in [0.15, 0.2) is 5.96 Å². The molecule has 1 saturated heterocycles. The number of rotatable bonds is 3. The van der Waals surface area contributed by atoms with Crippen LogP contribution in [-0.2, 0) is 0 Å². The SMILES string of the molecule is CN=C(NCCNC(C)(C)C)N1CC2CCCCC2C1.I. The molecule has 1 saturated carbocycles. The smallest absolute Gasteiger partial charge is 0.193 e. The maximum absolute atomic E-state index is 4.47. The van der Waals surface area contributed by atoms with E-state index in [9.17, 15) is 0 Å². The van der Waals surface area contributed by atoms with Gasteiger partial charge in [0, 0.05) is 38.8 Å². The van der Waals surface area contributed by atoms with Gasteiger partial charge in [0.2, 0.25) is 0 Å². The Balaban J connectivity index is 0.00000220. The molecule has 2 atom stereocenters. The van der Waals surface area contributed by atoms with Gasteiger partial charge in [-0.2, -0.15) is 0 Å². The first-order chi connectivity index (χ1) is 9.49. The van der Waals surface area contributed by atoms with Crippen molar-refractivity contribution in [3.05, 3.63) is 0 Å². The second-order valence-corrected chi connectivity index (χ2v) is 7.36. The minimum absolute atomic E-state index is 0. The summed E-state index contributed by atoms with van der Waals surface area (Å²) in [4.78, 5) is 6.94. The van der Waals surface area contributed by atoms with Crippen molar-refractivity contribution in [1.82, 2.24) is 15.5 Å². The Morgan fingerprint density at radius 1 is 1.10 bits per heavy atom. The second kappa shape index (κ2) is 8.56. The van der Waals surface area contributed by atoms with Crippen LogP contribution in [0.4, 0.5) is 0 Å². The molecule has 2 fully saturated rings. The molecule has 2 rings (SSSR count). The summed E-state index contributed by atoms with van der Waals surface area (Å²) < 4.78 is 0. The fourth-order valence-electron chi connectivity index (χ4n) is 3.52. The highest BCUT2D eigenvalue weighted by Crippen LogP contribution is 2.35. The molecule has 0 aromatic rings. The van der Waals surface area contributed by atoms with E-state index in [1.165, 1.54) is 38.8 Å².